The molecule has 0 saturated heterocycles. The molecule has 6 nitrogen and oxygen atoms in total. The van der Waals surface area contributed by atoms with Gasteiger partial charge in [-0.15, -0.1) is 0 Å². The van der Waals surface area contributed by atoms with Crippen molar-refractivity contribution in [2.75, 3.05) is 6.61 Å². The van der Waals surface area contributed by atoms with E-state index in [1.807, 2.05) is 18.2 Å². The van der Waals surface area contributed by atoms with Gasteiger partial charge in [0.05, 0.1) is 6.42 Å². The Labute approximate surface area is 127 Å². The summed E-state index contributed by atoms with van der Waals surface area (Å²) in [5.74, 6) is -0.731. The Morgan fingerprint density at radius 2 is 2.05 bits per heavy atom. The fourth-order valence-corrected chi connectivity index (χ4v) is 2.74. The van der Waals surface area contributed by atoms with Gasteiger partial charge >= 0.3 is 5.97 Å². The van der Waals surface area contributed by atoms with Gasteiger partial charge in [-0.2, -0.15) is 0 Å². The number of aromatic nitrogens is 1. The number of rotatable bonds is 5. The lowest BCUT2D eigenvalue weighted by Crippen LogP contribution is -2.36. The lowest BCUT2D eigenvalue weighted by molar-refractivity contribution is -0.148. The third-order valence-corrected chi connectivity index (χ3v) is 3.85. The van der Waals surface area contributed by atoms with E-state index in [1.54, 1.807) is 6.07 Å². The zero-order chi connectivity index (χ0) is 15.4. The second-order valence-electron chi connectivity index (χ2n) is 5.51. The summed E-state index contributed by atoms with van der Waals surface area (Å²) in [6.45, 7) is -0.245. The van der Waals surface area contributed by atoms with Crippen molar-refractivity contribution >= 4 is 22.8 Å². The summed E-state index contributed by atoms with van der Waals surface area (Å²) in [5, 5.41) is 7.53. The van der Waals surface area contributed by atoms with E-state index in [0.29, 0.717) is 11.3 Å². The Hall–Kier alpha value is -2.37. The van der Waals surface area contributed by atoms with Crippen molar-refractivity contribution in [1.82, 2.24) is 10.5 Å². The summed E-state index contributed by atoms with van der Waals surface area (Å²) >= 11 is 0. The second-order valence-corrected chi connectivity index (χ2v) is 5.51. The van der Waals surface area contributed by atoms with Gasteiger partial charge < -0.3 is 14.6 Å². The topological polar surface area (TPSA) is 81.4 Å². The molecule has 1 fully saturated rings. The summed E-state index contributed by atoms with van der Waals surface area (Å²) in [5.41, 5.74) is 1.15. The fraction of sp³-hybridized carbons (Fsp3) is 0.438. The standard InChI is InChI=1S/C16H18N2O4/c19-15(17-11-5-1-2-6-11)10-21-16(20)9-13-12-7-3-4-8-14(12)22-18-13/h3-4,7-8,11H,1-2,5-6,9-10H2,(H,17,19). The Kier molecular flexibility index (Phi) is 4.37. The molecule has 6 heteroatoms. The van der Waals surface area contributed by atoms with Crippen LogP contribution in [0.5, 0.6) is 0 Å². The highest BCUT2D eigenvalue weighted by atomic mass is 16.5. The first kappa shape index (κ1) is 14.6. The maximum atomic E-state index is 11.8. The lowest BCUT2D eigenvalue weighted by atomic mass is 10.2. The number of amides is 1. The maximum Gasteiger partial charge on any atom is 0.312 e. The van der Waals surface area contributed by atoms with E-state index in [0.717, 1.165) is 31.1 Å². The normalized spacial score (nSPS) is 15.1. The number of carbonyl (C=O) groups is 2. The van der Waals surface area contributed by atoms with Crippen LogP contribution in [0, 0.1) is 0 Å². The van der Waals surface area contributed by atoms with Gasteiger partial charge in [0.2, 0.25) is 0 Å². The highest BCUT2D eigenvalue weighted by Crippen LogP contribution is 2.19. The molecular formula is C16H18N2O4. The first-order chi connectivity index (χ1) is 10.7. The van der Waals surface area contributed by atoms with Crippen molar-refractivity contribution in [2.24, 2.45) is 0 Å². The molecule has 1 aromatic carbocycles. The van der Waals surface area contributed by atoms with Crippen LogP contribution in [-0.2, 0) is 20.7 Å². The van der Waals surface area contributed by atoms with Gasteiger partial charge in [-0.3, -0.25) is 9.59 Å². The van der Waals surface area contributed by atoms with Crippen molar-refractivity contribution < 1.29 is 18.8 Å². The third kappa shape index (κ3) is 3.44. The Bertz CT molecular complexity index is 674. The van der Waals surface area contributed by atoms with Gasteiger partial charge in [0.15, 0.2) is 12.2 Å². The van der Waals surface area contributed by atoms with E-state index >= 15 is 0 Å². The van der Waals surface area contributed by atoms with E-state index in [1.165, 1.54) is 0 Å². The smallest absolute Gasteiger partial charge is 0.312 e. The average molecular weight is 302 g/mol. The molecule has 3 rings (SSSR count). The number of hydrogen-bond donors (Lipinski definition) is 1. The Morgan fingerprint density at radius 3 is 2.86 bits per heavy atom. The summed E-state index contributed by atoms with van der Waals surface area (Å²) in [7, 11) is 0. The first-order valence-corrected chi connectivity index (χ1v) is 7.50. The monoisotopic (exact) mass is 302 g/mol. The van der Waals surface area contributed by atoms with Crippen LogP contribution in [-0.4, -0.2) is 29.7 Å². The summed E-state index contributed by atoms with van der Waals surface area (Å²) in [6, 6.07) is 7.53. The Balaban J connectivity index is 1.49. The first-order valence-electron chi connectivity index (χ1n) is 7.50. The van der Waals surface area contributed by atoms with Crippen LogP contribution in [0.2, 0.25) is 0 Å². The van der Waals surface area contributed by atoms with Crippen molar-refractivity contribution in [1.29, 1.82) is 0 Å². The van der Waals surface area contributed by atoms with E-state index in [-0.39, 0.29) is 25.0 Å². The van der Waals surface area contributed by atoms with Crippen LogP contribution >= 0.6 is 0 Å². The van der Waals surface area contributed by atoms with Gasteiger partial charge in [-0.05, 0) is 25.0 Å². The molecule has 0 spiro atoms. The number of nitrogens with one attached hydrogen (secondary N) is 1. The van der Waals surface area contributed by atoms with E-state index in [2.05, 4.69) is 10.5 Å². The zero-order valence-corrected chi connectivity index (χ0v) is 12.2. The van der Waals surface area contributed by atoms with Gasteiger partial charge in [0, 0.05) is 11.4 Å². The SMILES string of the molecule is O=C(COC(=O)Cc1noc2ccccc12)NC1CCCC1. The van der Waals surface area contributed by atoms with Gasteiger partial charge in [-0.25, -0.2) is 0 Å². The van der Waals surface area contributed by atoms with Crippen LogP contribution < -0.4 is 5.32 Å². The molecule has 0 atom stereocenters. The molecule has 0 aliphatic heterocycles. The van der Waals surface area contributed by atoms with E-state index in [9.17, 15) is 9.59 Å². The average Bonchev–Trinajstić information content (AvgIpc) is 3.16. The Morgan fingerprint density at radius 1 is 1.27 bits per heavy atom. The van der Waals surface area contributed by atoms with Crippen LogP contribution in [0.4, 0.5) is 0 Å². The number of fused-ring (bicyclic) bond motifs is 1. The molecule has 0 unspecified atom stereocenters. The van der Waals surface area contributed by atoms with Crippen LogP contribution in [0.1, 0.15) is 31.4 Å². The lowest BCUT2D eigenvalue weighted by Gasteiger charge is -2.11. The zero-order valence-electron chi connectivity index (χ0n) is 12.2. The highest BCUT2D eigenvalue weighted by Gasteiger charge is 2.18. The summed E-state index contributed by atoms with van der Waals surface area (Å²) in [4.78, 5) is 23.5. The van der Waals surface area contributed by atoms with Crippen molar-refractivity contribution in [3.63, 3.8) is 0 Å². The predicted octanol–water partition coefficient (Wildman–Crippen LogP) is 1.97. The molecule has 1 saturated carbocycles. The molecule has 0 bridgehead atoms. The number of nitrogens with zero attached hydrogens (tertiary/aromatic N) is 1. The molecule has 1 aliphatic carbocycles. The summed E-state index contributed by atoms with van der Waals surface area (Å²) < 4.78 is 10.1. The molecule has 22 heavy (non-hydrogen) atoms. The van der Waals surface area contributed by atoms with Gasteiger partial charge in [-0.1, -0.05) is 30.1 Å². The number of hydrogen-bond acceptors (Lipinski definition) is 5. The number of carbonyl (C=O) groups excluding carboxylic acids is 2. The quantitative estimate of drug-likeness (QED) is 0.854. The second kappa shape index (κ2) is 6.60. The molecule has 1 N–H and O–H groups in total. The molecule has 2 aromatic rings. The molecular weight excluding hydrogens is 284 g/mol. The van der Waals surface area contributed by atoms with Crippen LogP contribution in [0.25, 0.3) is 11.0 Å². The number of benzene rings is 1. The summed E-state index contributed by atoms with van der Waals surface area (Å²) in [6.07, 6.45) is 4.29. The molecule has 116 valence electrons. The minimum Gasteiger partial charge on any atom is -0.455 e. The van der Waals surface area contributed by atoms with Gasteiger partial charge in [0.1, 0.15) is 5.69 Å². The fourth-order valence-electron chi connectivity index (χ4n) is 2.74. The van der Waals surface area contributed by atoms with Crippen LogP contribution in [0.3, 0.4) is 0 Å². The maximum absolute atomic E-state index is 11.8. The molecule has 1 amide bonds. The highest BCUT2D eigenvalue weighted by molar-refractivity contribution is 5.85. The van der Waals surface area contributed by atoms with Crippen molar-refractivity contribution in [2.45, 2.75) is 38.1 Å². The van der Waals surface area contributed by atoms with Crippen molar-refractivity contribution in [3.8, 4) is 0 Å². The van der Waals surface area contributed by atoms with E-state index < -0.39 is 5.97 Å². The van der Waals surface area contributed by atoms with E-state index in [4.69, 9.17) is 9.26 Å². The third-order valence-electron chi connectivity index (χ3n) is 3.85. The number of para-hydroxylation sites is 1. The molecule has 0 radical (unpaired) electrons. The van der Waals surface area contributed by atoms with Crippen molar-refractivity contribution in [3.05, 3.63) is 30.0 Å². The molecule has 1 aliphatic rings. The number of ether oxygens (including phenoxy) is 1. The largest absolute Gasteiger partial charge is 0.455 e. The minimum absolute atomic E-state index is 0.00623. The van der Waals surface area contributed by atoms with Gasteiger partial charge in [0.25, 0.3) is 5.91 Å². The minimum atomic E-state index is -0.486. The van der Waals surface area contributed by atoms with Crippen LogP contribution in [0.15, 0.2) is 28.8 Å². The number of esters is 1. The predicted molar refractivity (Wildman–Crippen MR) is 79.1 cm³/mol. The molecule has 1 heterocycles. The molecule has 1 aromatic heterocycles.